The van der Waals surface area contributed by atoms with E-state index in [1.165, 1.54) is 0 Å². The maximum atomic E-state index is 3.28. The van der Waals surface area contributed by atoms with Crippen molar-refractivity contribution < 1.29 is 0 Å². The highest BCUT2D eigenvalue weighted by molar-refractivity contribution is 5.85. The Morgan fingerprint density at radius 3 is 1.38 bits per heavy atom. The average molecular weight is 235 g/mol. The van der Waals surface area contributed by atoms with Crippen LogP contribution in [0.5, 0.6) is 0 Å². The van der Waals surface area contributed by atoms with Crippen LogP contribution in [0, 0.1) is 0 Å². The molecule has 0 aromatic heterocycles. The van der Waals surface area contributed by atoms with Crippen molar-refractivity contribution in [2.45, 2.75) is 0 Å². The number of para-hydroxylation sites is 2. The van der Waals surface area contributed by atoms with Crippen molar-refractivity contribution >= 4 is 23.8 Å². The minimum absolute atomic E-state index is 0. The van der Waals surface area contributed by atoms with Crippen molar-refractivity contribution in [2.24, 2.45) is 0 Å². The molecule has 0 spiro atoms. The van der Waals surface area contributed by atoms with E-state index in [-0.39, 0.29) is 12.4 Å². The second kappa shape index (κ2) is 6.75. The molecule has 84 valence electrons. The third kappa shape index (κ3) is 3.83. The van der Waals surface area contributed by atoms with E-state index in [4.69, 9.17) is 0 Å². The summed E-state index contributed by atoms with van der Waals surface area (Å²) >= 11 is 0. The third-order valence-electron chi connectivity index (χ3n) is 2.13. The molecule has 0 saturated carbocycles. The molecule has 2 aromatic rings. The van der Waals surface area contributed by atoms with Crippen LogP contribution >= 0.6 is 12.4 Å². The zero-order valence-electron chi connectivity index (χ0n) is 8.89. The van der Waals surface area contributed by atoms with Crippen molar-refractivity contribution in [1.29, 1.82) is 0 Å². The topological polar surface area (TPSA) is 24.1 Å². The van der Waals surface area contributed by atoms with Gasteiger partial charge in [-0.3, -0.25) is 0 Å². The lowest BCUT2D eigenvalue weighted by molar-refractivity contribution is 1.22. The Kier molecular flexibility index (Phi) is 5.23. The minimum Gasteiger partial charge on any atom is -0.368 e. The van der Waals surface area contributed by atoms with Gasteiger partial charge >= 0.3 is 0 Å². The largest absolute Gasteiger partial charge is 0.368 e. The van der Waals surface area contributed by atoms with Crippen molar-refractivity contribution in [2.75, 3.05) is 17.3 Å². The summed E-state index contributed by atoms with van der Waals surface area (Å²) in [5.74, 6) is 0. The van der Waals surface area contributed by atoms with Gasteiger partial charge in [-0.25, -0.2) is 0 Å². The summed E-state index contributed by atoms with van der Waals surface area (Å²) < 4.78 is 0. The van der Waals surface area contributed by atoms with Crippen molar-refractivity contribution in [3.05, 3.63) is 60.7 Å². The molecule has 2 rings (SSSR count). The number of rotatable bonds is 4. The molecule has 0 saturated heterocycles. The molecule has 3 heteroatoms. The molecule has 0 aliphatic heterocycles. The molecule has 0 amide bonds. The van der Waals surface area contributed by atoms with Gasteiger partial charge in [-0.1, -0.05) is 36.4 Å². The van der Waals surface area contributed by atoms with E-state index in [0.717, 1.165) is 18.0 Å². The van der Waals surface area contributed by atoms with Crippen LogP contribution in [0.15, 0.2) is 60.7 Å². The molecule has 0 radical (unpaired) electrons. The van der Waals surface area contributed by atoms with E-state index in [1.54, 1.807) is 0 Å². The second-order valence-corrected chi connectivity index (χ2v) is 3.26. The first-order valence-electron chi connectivity index (χ1n) is 5.03. The Bertz CT molecular complexity index is 350. The van der Waals surface area contributed by atoms with Crippen LogP contribution < -0.4 is 10.6 Å². The van der Waals surface area contributed by atoms with Gasteiger partial charge in [0.1, 0.15) is 0 Å². The maximum Gasteiger partial charge on any atom is 0.0849 e. The lowest BCUT2D eigenvalue weighted by atomic mass is 10.3. The van der Waals surface area contributed by atoms with E-state index in [9.17, 15) is 0 Å². The Hall–Kier alpha value is -1.67. The first kappa shape index (κ1) is 12.4. The molecule has 0 unspecified atom stereocenters. The second-order valence-electron chi connectivity index (χ2n) is 3.26. The van der Waals surface area contributed by atoms with Crippen LogP contribution in [0.1, 0.15) is 0 Å². The Morgan fingerprint density at radius 1 is 0.625 bits per heavy atom. The van der Waals surface area contributed by atoms with E-state index in [1.807, 2.05) is 60.7 Å². The molecular formula is C13H15ClN2. The minimum atomic E-state index is 0. The molecule has 2 aromatic carbocycles. The predicted octanol–water partition coefficient (Wildman–Crippen LogP) is 3.59. The number of halogens is 1. The number of nitrogens with one attached hydrogen (secondary N) is 2. The van der Waals surface area contributed by atoms with Gasteiger partial charge in [0.2, 0.25) is 0 Å². The first-order valence-corrected chi connectivity index (χ1v) is 5.03. The first-order chi connectivity index (χ1) is 7.45. The lowest BCUT2D eigenvalue weighted by Gasteiger charge is -2.08. The van der Waals surface area contributed by atoms with Crippen LogP contribution in [0.2, 0.25) is 0 Å². The summed E-state index contributed by atoms with van der Waals surface area (Å²) in [5, 5.41) is 6.56. The number of benzene rings is 2. The van der Waals surface area contributed by atoms with E-state index in [0.29, 0.717) is 0 Å². The summed E-state index contributed by atoms with van der Waals surface area (Å²) in [6.07, 6.45) is 0. The van der Waals surface area contributed by atoms with E-state index >= 15 is 0 Å². The normalized spacial score (nSPS) is 9.00. The predicted molar refractivity (Wildman–Crippen MR) is 72.2 cm³/mol. The third-order valence-corrected chi connectivity index (χ3v) is 2.13. The summed E-state index contributed by atoms with van der Waals surface area (Å²) in [6.45, 7) is 0.730. The van der Waals surface area contributed by atoms with Crippen LogP contribution in [-0.2, 0) is 0 Å². The molecule has 2 nitrogen and oxygen atoms in total. The molecule has 0 bridgehead atoms. The maximum absolute atomic E-state index is 3.28. The number of hydrogen-bond donors (Lipinski definition) is 2. The van der Waals surface area contributed by atoms with Gasteiger partial charge in [-0.05, 0) is 24.3 Å². The van der Waals surface area contributed by atoms with Gasteiger partial charge < -0.3 is 10.6 Å². The summed E-state index contributed by atoms with van der Waals surface area (Å²) in [5.41, 5.74) is 2.25. The van der Waals surface area contributed by atoms with Crippen LogP contribution in [0.4, 0.5) is 11.4 Å². The Morgan fingerprint density at radius 2 is 1.00 bits per heavy atom. The smallest absolute Gasteiger partial charge is 0.0849 e. The van der Waals surface area contributed by atoms with Gasteiger partial charge in [0, 0.05) is 11.4 Å². The highest BCUT2D eigenvalue weighted by atomic mass is 35.5. The molecule has 0 aliphatic carbocycles. The summed E-state index contributed by atoms with van der Waals surface area (Å²) in [4.78, 5) is 0. The fourth-order valence-electron chi connectivity index (χ4n) is 1.36. The quantitative estimate of drug-likeness (QED) is 0.790. The summed E-state index contributed by atoms with van der Waals surface area (Å²) in [7, 11) is 0. The molecule has 0 fully saturated rings. The fraction of sp³-hybridized carbons (Fsp3) is 0.0769. The molecular weight excluding hydrogens is 220 g/mol. The van der Waals surface area contributed by atoms with Crippen molar-refractivity contribution in [1.82, 2.24) is 0 Å². The van der Waals surface area contributed by atoms with Crippen LogP contribution in [0.25, 0.3) is 0 Å². The zero-order valence-corrected chi connectivity index (χ0v) is 9.71. The van der Waals surface area contributed by atoms with E-state index in [2.05, 4.69) is 10.6 Å². The van der Waals surface area contributed by atoms with Crippen molar-refractivity contribution in [3.63, 3.8) is 0 Å². The highest BCUT2D eigenvalue weighted by Gasteiger charge is 1.89. The molecule has 0 atom stereocenters. The monoisotopic (exact) mass is 234 g/mol. The van der Waals surface area contributed by atoms with Gasteiger partial charge in [0.05, 0.1) is 6.67 Å². The van der Waals surface area contributed by atoms with E-state index < -0.39 is 0 Å². The van der Waals surface area contributed by atoms with Gasteiger partial charge in [0.25, 0.3) is 0 Å². The lowest BCUT2D eigenvalue weighted by Crippen LogP contribution is -2.11. The SMILES string of the molecule is Cl.c1ccc(NCNc2ccccc2)cc1. The van der Waals surface area contributed by atoms with Crippen molar-refractivity contribution in [3.8, 4) is 0 Å². The standard InChI is InChI=1S/C13H14N2.ClH/c1-3-7-12(8-4-1)14-11-15-13-9-5-2-6-10-13;/h1-10,14-15H,11H2;1H. The number of anilines is 2. The highest BCUT2D eigenvalue weighted by Crippen LogP contribution is 2.06. The fourth-order valence-corrected chi connectivity index (χ4v) is 1.36. The number of hydrogen-bond acceptors (Lipinski definition) is 2. The van der Waals surface area contributed by atoms with Crippen LogP contribution in [-0.4, -0.2) is 6.67 Å². The molecule has 0 aliphatic rings. The Balaban J connectivity index is 0.00000128. The summed E-state index contributed by atoms with van der Waals surface area (Å²) in [6, 6.07) is 20.3. The van der Waals surface area contributed by atoms with Gasteiger partial charge in [-0.15, -0.1) is 12.4 Å². The average Bonchev–Trinajstić information content (AvgIpc) is 2.32. The molecule has 2 N–H and O–H groups in total. The van der Waals surface area contributed by atoms with Gasteiger partial charge in [-0.2, -0.15) is 0 Å². The molecule has 16 heavy (non-hydrogen) atoms. The molecule has 0 heterocycles. The van der Waals surface area contributed by atoms with Crippen LogP contribution in [0.3, 0.4) is 0 Å². The van der Waals surface area contributed by atoms with Gasteiger partial charge in [0.15, 0.2) is 0 Å². The zero-order chi connectivity index (χ0) is 10.3. The Labute approximate surface area is 102 Å².